The Kier molecular flexibility index (Phi) is 10.7. The molecule has 4 aromatic rings. The molecule has 0 unspecified atom stereocenters. The number of hydrogen-bond donors (Lipinski definition) is 5. The summed E-state index contributed by atoms with van der Waals surface area (Å²) < 4.78 is 26.6. The van der Waals surface area contributed by atoms with Crippen LogP contribution in [0, 0.1) is 5.82 Å². The molecule has 11 nitrogen and oxygen atoms in total. The van der Waals surface area contributed by atoms with E-state index in [0.717, 1.165) is 12.0 Å². The predicted molar refractivity (Wildman–Crippen MR) is 170 cm³/mol. The van der Waals surface area contributed by atoms with E-state index in [-0.39, 0.29) is 30.9 Å². The number of para-hydroxylation sites is 1. The van der Waals surface area contributed by atoms with Crippen molar-refractivity contribution in [2.24, 2.45) is 0 Å². The van der Waals surface area contributed by atoms with E-state index in [0.29, 0.717) is 76.5 Å². The Balaban J connectivity index is 1.39. The fraction of sp³-hybridized carbons (Fsp3) is 0.312. The third-order valence-corrected chi connectivity index (χ3v) is 7.77. The van der Waals surface area contributed by atoms with Crippen molar-refractivity contribution >= 4 is 29.0 Å². The molecule has 1 saturated heterocycles. The molecule has 13 heteroatoms. The number of aliphatic hydroxyl groups is 1. The molecule has 3 aromatic heterocycles. The smallest absolute Gasteiger partial charge is 0.220 e. The summed E-state index contributed by atoms with van der Waals surface area (Å²) in [5.74, 6) is 0.453. The number of amides is 1. The normalized spacial score (nSPS) is 14.3. The SMILES string of the molecule is COc1nc(-c2ccnc(-c3cccc(Nc4nccc(CNCCO)c4F)c3OC)c2Cl)ccc1CNC[C@H]1CCC(=O)N1. The van der Waals surface area contributed by atoms with Crippen LogP contribution in [-0.2, 0) is 17.9 Å². The number of pyridine rings is 3. The van der Waals surface area contributed by atoms with Gasteiger partial charge in [0, 0.05) is 73.3 Å². The molecule has 5 rings (SSSR count). The minimum absolute atomic E-state index is 0.0282. The number of anilines is 2. The van der Waals surface area contributed by atoms with Crippen LogP contribution in [0.15, 0.2) is 54.9 Å². The molecule has 0 spiro atoms. The first-order chi connectivity index (χ1) is 21.9. The highest BCUT2D eigenvalue weighted by Gasteiger charge is 2.22. The fourth-order valence-corrected chi connectivity index (χ4v) is 5.46. The van der Waals surface area contributed by atoms with E-state index >= 15 is 4.39 Å². The highest BCUT2D eigenvalue weighted by Crippen LogP contribution is 2.42. The highest BCUT2D eigenvalue weighted by atomic mass is 35.5. The maximum Gasteiger partial charge on any atom is 0.220 e. The van der Waals surface area contributed by atoms with Crippen LogP contribution in [0.1, 0.15) is 24.0 Å². The number of aliphatic hydroxyl groups excluding tert-OH is 1. The Morgan fingerprint density at radius 3 is 2.60 bits per heavy atom. The average Bonchev–Trinajstić information content (AvgIpc) is 3.47. The van der Waals surface area contributed by atoms with Crippen molar-refractivity contribution in [2.45, 2.75) is 32.0 Å². The minimum Gasteiger partial charge on any atom is -0.494 e. The second-order valence-corrected chi connectivity index (χ2v) is 10.7. The highest BCUT2D eigenvalue weighted by molar-refractivity contribution is 6.35. The van der Waals surface area contributed by atoms with Crippen LogP contribution in [0.3, 0.4) is 0 Å². The Bertz CT molecular complexity index is 1660. The number of hydrogen-bond acceptors (Lipinski definition) is 10. The van der Waals surface area contributed by atoms with Crippen molar-refractivity contribution in [1.29, 1.82) is 0 Å². The lowest BCUT2D eigenvalue weighted by Gasteiger charge is -2.17. The average molecular weight is 636 g/mol. The van der Waals surface area contributed by atoms with Gasteiger partial charge in [-0.3, -0.25) is 9.78 Å². The molecule has 236 valence electrons. The summed E-state index contributed by atoms with van der Waals surface area (Å²) in [5.41, 5.74) is 4.02. The maximum absolute atomic E-state index is 15.3. The third-order valence-electron chi connectivity index (χ3n) is 7.39. The van der Waals surface area contributed by atoms with Crippen molar-refractivity contribution in [3.05, 3.63) is 76.8 Å². The Morgan fingerprint density at radius 2 is 1.84 bits per heavy atom. The molecule has 1 atom stereocenters. The quantitative estimate of drug-likeness (QED) is 0.128. The van der Waals surface area contributed by atoms with Gasteiger partial charge in [0.15, 0.2) is 17.4 Å². The third kappa shape index (κ3) is 7.48. The zero-order chi connectivity index (χ0) is 31.8. The van der Waals surface area contributed by atoms with E-state index in [2.05, 4.69) is 31.2 Å². The van der Waals surface area contributed by atoms with Crippen LogP contribution >= 0.6 is 11.6 Å². The molecular formula is C32H35ClFN7O4. The van der Waals surface area contributed by atoms with Gasteiger partial charge in [-0.2, -0.15) is 0 Å². The molecule has 1 aromatic carbocycles. The summed E-state index contributed by atoms with van der Waals surface area (Å²) in [5, 5.41) is 21.7. The number of carbonyl (C=O) groups excluding carboxylic acids is 1. The number of aromatic nitrogens is 3. The predicted octanol–water partition coefficient (Wildman–Crippen LogP) is 4.21. The first-order valence-corrected chi connectivity index (χ1v) is 14.9. The topological polar surface area (TPSA) is 143 Å². The van der Waals surface area contributed by atoms with Crippen molar-refractivity contribution in [3.8, 4) is 34.1 Å². The van der Waals surface area contributed by atoms with Gasteiger partial charge in [-0.05, 0) is 36.8 Å². The van der Waals surface area contributed by atoms with Crippen molar-refractivity contribution in [2.75, 3.05) is 39.2 Å². The molecule has 45 heavy (non-hydrogen) atoms. The molecule has 1 aliphatic rings. The van der Waals surface area contributed by atoms with Gasteiger partial charge in [-0.15, -0.1) is 0 Å². The van der Waals surface area contributed by atoms with E-state index in [9.17, 15) is 4.79 Å². The molecule has 0 bridgehead atoms. The summed E-state index contributed by atoms with van der Waals surface area (Å²) in [6.07, 6.45) is 4.52. The van der Waals surface area contributed by atoms with Gasteiger partial charge in [0.1, 0.15) is 0 Å². The van der Waals surface area contributed by atoms with Gasteiger partial charge < -0.3 is 35.8 Å². The lowest BCUT2D eigenvalue weighted by atomic mass is 10.0. The van der Waals surface area contributed by atoms with Gasteiger partial charge in [-0.25, -0.2) is 14.4 Å². The largest absolute Gasteiger partial charge is 0.494 e. The molecule has 1 aliphatic heterocycles. The monoisotopic (exact) mass is 635 g/mol. The zero-order valence-corrected chi connectivity index (χ0v) is 25.7. The Morgan fingerprint density at radius 1 is 1.02 bits per heavy atom. The van der Waals surface area contributed by atoms with E-state index in [4.69, 9.17) is 31.2 Å². The zero-order valence-electron chi connectivity index (χ0n) is 25.0. The number of nitrogens with one attached hydrogen (secondary N) is 4. The van der Waals surface area contributed by atoms with E-state index in [1.807, 2.05) is 18.2 Å². The Hall–Kier alpha value is -4.36. The van der Waals surface area contributed by atoms with Gasteiger partial charge in [-0.1, -0.05) is 23.7 Å². The van der Waals surface area contributed by atoms with Crippen LogP contribution in [0.25, 0.3) is 22.5 Å². The van der Waals surface area contributed by atoms with Crippen LogP contribution in [0.2, 0.25) is 5.02 Å². The van der Waals surface area contributed by atoms with Gasteiger partial charge in [0.2, 0.25) is 11.8 Å². The molecule has 1 amide bonds. The summed E-state index contributed by atoms with van der Waals surface area (Å²) >= 11 is 6.97. The summed E-state index contributed by atoms with van der Waals surface area (Å²) in [6, 6.07) is 12.6. The number of halogens is 2. The van der Waals surface area contributed by atoms with Gasteiger partial charge >= 0.3 is 0 Å². The van der Waals surface area contributed by atoms with Gasteiger partial charge in [0.25, 0.3) is 0 Å². The van der Waals surface area contributed by atoms with E-state index < -0.39 is 5.82 Å². The van der Waals surface area contributed by atoms with E-state index in [1.165, 1.54) is 13.3 Å². The van der Waals surface area contributed by atoms with Gasteiger partial charge in [0.05, 0.1) is 42.9 Å². The van der Waals surface area contributed by atoms with Crippen molar-refractivity contribution < 1.29 is 23.8 Å². The first kappa shape index (κ1) is 32.0. The number of rotatable bonds is 14. The maximum atomic E-state index is 15.3. The Labute approximate surface area is 265 Å². The van der Waals surface area contributed by atoms with Crippen LogP contribution in [-0.4, -0.2) is 65.9 Å². The number of ether oxygens (including phenoxy) is 2. The number of methoxy groups -OCH3 is 2. The number of benzene rings is 1. The first-order valence-electron chi connectivity index (χ1n) is 14.5. The lowest BCUT2D eigenvalue weighted by molar-refractivity contribution is -0.119. The molecule has 0 saturated carbocycles. The molecule has 0 aliphatic carbocycles. The molecule has 0 radical (unpaired) electrons. The molecule has 4 heterocycles. The lowest BCUT2D eigenvalue weighted by Crippen LogP contribution is -2.35. The van der Waals surface area contributed by atoms with Crippen LogP contribution in [0.5, 0.6) is 11.6 Å². The minimum atomic E-state index is -0.516. The second-order valence-electron chi connectivity index (χ2n) is 10.4. The standard InChI is InChI=1S/C32H35ClFN7O4/c1-44-30-23(4-3-5-25(30)40-31-28(34)19(10-12-38-31)16-35-14-15-42)29-27(33)22(11-13-37-29)24-8-6-20(32(41-24)45-2)17-36-18-21-7-9-26(43)39-21/h3-6,8,10-13,21,35-36,42H,7,9,14-18H2,1-2H3,(H,38,40)(H,39,43)/t21-/m1/s1. The number of carbonyl (C=O) groups is 1. The summed E-state index contributed by atoms with van der Waals surface area (Å²) in [7, 11) is 3.08. The van der Waals surface area contributed by atoms with Crippen molar-refractivity contribution in [3.63, 3.8) is 0 Å². The van der Waals surface area contributed by atoms with E-state index in [1.54, 1.807) is 37.6 Å². The summed E-state index contributed by atoms with van der Waals surface area (Å²) in [4.78, 5) is 24.9. The molecule has 1 fully saturated rings. The molecular weight excluding hydrogens is 601 g/mol. The fourth-order valence-electron chi connectivity index (χ4n) is 5.15. The van der Waals surface area contributed by atoms with Crippen molar-refractivity contribution in [1.82, 2.24) is 30.9 Å². The number of nitrogens with zero attached hydrogens (tertiary/aromatic N) is 3. The van der Waals surface area contributed by atoms with Crippen LogP contribution in [0.4, 0.5) is 15.9 Å². The van der Waals surface area contributed by atoms with Crippen LogP contribution < -0.4 is 30.7 Å². The second kappa shape index (κ2) is 15.1. The summed E-state index contributed by atoms with van der Waals surface area (Å²) in [6.45, 7) is 1.71. The molecule has 5 N–H and O–H groups in total.